The van der Waals surface area contributed by atoms with Gasteiger partial charge in [-0.25, -0.2) is 18.1 Å². The van der Waals surface area contributed by atoms with Crippen LogP contribution in [0.25, 0.3) is 0 Å². The summed E-state index contributed by atoms with van der Waals surface area (Å²) in [6, 6.07) is 1.09. The number of nitrogens with one attached hydrogen (secondary N) is 1. The van der Waals surface area contributed by atoms with E-state index in [4.69, 9.17) is 5.73 Å². The lowest BCUT2D eigenvalue weighted by Gasteiger charge is -2.30. The molecule has 1 unspecified atom stereocenters. The van der Waals surface area contributed by atoms with E-state index in [2.05, 4.69) is 25.6 Å². The lowest BCUT2D eigenvalue weighted by atomic mass is 10.1. The van der Waals surface area contributed by atoms with Crippen molar-refractivity contribution in [3.63, 3.8) is 0 Å². The SMILES string of the molecule is CN1CC(NS(=O)(=O)c2cc(Br)cnc2N)CCC1=O. The Bertz CT molecular complexity index is 635. The first-order chi connectivity index (χ1) is 9.29. The van der Waals surface area contributed by atoms with Crippen LogP contribution in [0.3, 0.4) is 0 Å². The summed E-state index contributed by atoms with van der Waals surface area (Å²) in [5.74, 6) is -0.0370. The normalized spacial score (nSPS) is 20.2. The smallest absolute Gasteiger partial charge is 0.244 e. The van der Waals surface area contributed by atoms with Crippen LogP contribution in [-0.4, -0.2) is 43.8 Å². The Morgan fingerprint density at radius 3 is 2.90 bits per heavy atom. The highest BCUT2D eigenvalue weighted by Gasteiger charge is 2.28. The Labute approximate surface area is 125 Å². The minimum atomic E-state index is -3.76. The van der Waals surface area contributed by atoms with Crippen LogP contribution in [0.2, 0.25) is 0 Å². The topological polar surface area (TPSA) is 105 Å². The van der Waals surface area contributed by atoms with E-state index in [0.717, 1.165) is 0 Å². The molecule has 1 amide bonds. The second-order valence-corrected chi connectivity index (χ2v) is 7.27. The standard InChI is InChI=1S/C11H15BrN4O3S/c1-16-6-8(2-3-10(16)17)15-20(18,19)9-4-7(12)5-14-11(9)13/h4-5,8,15H,2-3,6H2,1H3,(H2,13,14). The average Bonchev–Trinajstić information content (AvgIpc) is 2.36. The molecule has 0 bridgehead atoms. The van der Waals surface area contributed by atoms with Crippen LogP contribution in [-0.2, 0) is 14.8 Å². The summed E-state index contributed by atoms with van der Waals surface area (Å²) < 4.78 is 27.7. The maximum absolute atomic E-state index is 12.3. The second kappa shape index (κ2) is 5.66. The monoisotopic (exact) mass is 362 g/mol. The van der Waals surface area contributed by atoms with Crippen molar-refractivity contribution in [1.82, 2.24) is 14.6 Å². The number of hydrogen-bond donors (Lipinski definition) is 2. The van der Waals surface area contributed by atoms with Gasteiger partial charge in [-0.2, -0.15) is 0 Å². The van der Waals surface area contributed by atoms with Crippen molar-refractivity contribution in [2.45, 2.75) is 23.8 Å². The number of anilines is 1. The molecule has 0 radical (unpaired) electrons. The van der Waals surface area contributed by atoms with E-state index in [1.54, 1.807) is 7.05 Å². The van der Waals surface area contributed by atoms with Gasteiger partial charge in [0.2, 0.25) is 15.9 Å². The predicted molar refractivity (Wildman–Crippen MR) is 77.3 cm³/mol. The van der Waals surface area contributed by atoms with E-state index in [1.165, 1.54) is 17.2 Å². The average molecular weight is 363 g/mol. The van der Waals surface area contributed by atoms with Gasteiger partial charge in [0.1, 0.15) is 10.7 Å². The van der Waals surface area contributed by atoms with E-state index in [1.807, 2.05) is 0 Å². The first-order valence-electron chi connectivity index (χ1n) is 5.97. The first-order valence-corrected chi connectivity index (χ1v) is 8.24. The Morgan fingerprint density at radius 1 is 1.55 bits per heavy atom. The molecule has 1 aromatic heterocycles. The van der Waals surface area contributed by atoms with Crippen molar-refractivity contribution in [3.8, 4) is 0 Å². The summed E-state index contributed by atoms with van der Waals surface area (Å²) in [5.41, 5.74) is 5.61. The molecule has 1 saturated heterocycles. The molecule has 0 spiro atoms. The number of halogens is 1. The molecule has 3 N–H and O–H groups in total. The van der Waals surface area contributed by atoms with Crippen molar-refractivity contribution in [2.24, 2.45) is 0 Å². The highest BCUT2D eigenvalue weighted by molar-refractivity contribution is 9.10. The molecular formula is C11H15BrN4O3S. The number of carbonyl (C=O) groups excluding carboxylic acids is 1. The molecule has 0 saturated carbocycles. The number of hydrogen-bond acceptors (Lipinski definition) is 5. The van der Waals surface area contributed by atoms with Crippen LogP contribution in [0.15, 0.2) is 21.6 Å². The molecule has 1 aromatic rings. The zero-order valence-corrected chi connectivity index (χ0v) is 13.2. The van der Waals surface area contributed by atoms with Gasteiger partial charge in [0.05, 0.1) is 0 Å². The number of piperidine rings is 1. The zero-order chi connectivity index (χ0) is 14.9. The third-order valence-electron chi connectivity index (χ3n) is 3.09. The van der Waals surface area contributed by atoms with E-state index < -0.39 is 10.0 Å². The van der Waals surface area contributed by atoms with E-state index in [0.29, 0.717) is 23.9 Å². The number of likely N-dealkylation sites (N-methyl/N-ethyl adjacent to an activating group) is 1. The van der Waals surface area contributed by atoms with Crippen LogP contribution in [0.5, 0.6) is 0 Å². The van der Waals surface area contributed by atoms with Gasteiger partial charge in [-0.05, 0) is 28.4 Å². The molecule has 2 rings (SSSR count). The number of nitrogens with zero attached hydrogens (tertiary/aromatic N) is 2. The maximum Gasteiger partial charge on any atom is 0.244 e. The number of carbonyl (C=O) groups is 1. The Morgan fingerprint density at radius 2 is 2.25 bits per heavy atom. The predicted octanol–water partition coefficient (Wildman–Crippen LogP) is 0.325. The molecule has 9 heteroatoms. The van der Waals surface area contributed by atoms with Crippen molar-refractivity contribution >= 4 is 37.7 Å². The molecule has 0 aliphatic carbocycles. The van der Waals surface area contributed by atoms with E-state index >= 15 is 0 Å². The molecule has 1 aliphatic rings. The number of nitrogens with two attached hydrogens (primary N) is 1. The number of sulfonamides is 1. The molecule has 110 valence electrons. The Balaban J connectivity index is 2.19. The molecule has 1 aliphatic heterocycles. The van der Waals surface area contributed by atoms with E-state index in [-0.39, 0.29) is 22.7 Å². The highest BCUT2D eigenvalue weighted by Crippen LogP contribution is 2.21. The third kappa shape index (κ3) is 3.28. The quantitative estimate of drug-likeness (QED) is 0.805. The minimum absolute atomic E-state index is 0.0177. The number of aromatic nitrogens is 1. The van der Waals surface area contributed by atoms with Crippen molar-refractivity contribution in [3.05, 3.63) is 16.7 Å². The third-order valence-corrected chi connectivity index (χ3v) is 5.07. The van der Waals surface area contributed by atoms with Crippen molar-refractivity contribution < 1.29 is 13.2 Å². The Kier molecular flexibility index (Phi) is 4.31. The largest absolute Gasteiger partial charge is 0.383 e. The van der Waals surface area contributed by atoms with Crippen LogP contribution in [0.4, 0.5) is 5.82 Å². The molecule has 1 atom stereocenters. The van der Waals surface area contributed by atoms with Gasteiger partial charge in [-0.3, -0.25) is 4.79 Å². The second-order valence-electron chi connectivity index (χ2n) is 4.67. The van der Waals surface area contributed by atoms with Gasteiger partial charge < -0.3 is 10.6 Å². The van der Waals surface area contributed by atoms with Gasteiger partial charge >= 0.3 is 0 Å². The molecular weight excluding hydrogens is 348 g/mol. The summed E-state index contributed by atoms with van der Waals surface area (Å²) >= 11 is 3.17. The fourth-order valence-electron chi connectivity index (χ4n) is 2.04. The maximum atomic E-state index is 12.3. The summed E-state index contributed by atoms with van der Waals surface area (Å²) in [7, 11) is -2.11. The first kappa shape index (κ1) is 15.2. The zero-order valence-electron chi connectivity index (χ0n) is 10.8. The van der Waals surface area contributed by atoms with Crippen LogP contribution < -0.4 is 10.5 Å². The molecule has 1 fully saturated rings. The van der Waals surface area contributed by atoms with Gasteiger partial charge in [0.15, 0.2) is 0 Å². The Hall–Kier alpha value is -1.19. The number of likely N-dealkylation sites (tertiary alicyclic amines) is 1. The van der Waals surface area contributed by atoms with Gasteiger partial charge in [-0.1, -0.05) is 0 Å². The summed E-state index contributed by atoms with van der Waals surface area (Å²) in [6.07, 6.45) is 2.24. The number of pyridine rings is 1. The van der Waals surface area contributed by atoms with E-state index in [9.17, 15) is 13.2 Å². The molecule has 2 heterocycles. The highest BCUT2D eigenvalue weighted by atomic mass is 79.9. The van der Waals surface area contributed by atoms with Crippen LogP contribution in [0.1, 0.15) is 12.8 Å². The fraction of sp³-hybridized carbons (Fsp3) is 0.455. The minimum Gasteiger partial charge on any atom is -0.383 e. The van der Waals surface area contributed by atoms with Gasteiger partial charge in [-0.15, -0.1) is 0 Å². The number of amides is 1. The van der Waals surface area contributed by atoms with Crippen molar-refractivity contribution in [2.75, 3.05) is 19.3 Å². The molecule has 0 aromatic carbocycles. The summed E-state index contributed by atoms with van der Waals surface area (Å²) in [5, 5.41) is 0. The van der Waals surface area contributed by atoms with Gasteiger partial charge in [0, 0.05) is 36.7 Å². The number of rotatable bonds is 3. The summed E-state index contributed by atoms with van der Waals surface area (Å²) in [4.78, 5) is 16.6. The summed E-state index contributed by atoms with van der Waals surface area (Å²) in [6.45, 7) is 0.347. The molecule has 20 heavy (non-hydrogen) atoms. The number of nitrogen functional groups attached to an aromatic ring is 1. The van der Waals surface area contributed by atoms with Crippen LogP contribution in [0, 0.1) is 0 Å². The molecule has 7 nitrogen and oxygen atoms in total. The lowest BCUT2D eigenvalue weighted by molar-refractivity contribution is -0.132. The fourth-order valence-corrected chi connectivity index (χ4v) is 3.89. The lowest BCUT2D eigenvalue weighted by Crippen LogP contribution is -2.48. The van der Waals surface area contributed by atoms with Crippen molar-refractivity contribution in [1.29, 1.82) is 0 Å². The van der Waals surface area contributed by atoms with Gasteiger partial charge in [0.25, 0.3) is 0 Å². The van der Waals surface area contributed by atoms with Crippen LogP contribution >= 0.6 is 15.9 Å².